The van der Waals surface area contributed by atoms with Crippen LogP contribution in [-0.4, -0.2) is 24.9 Å². The molecule has 0 amide bonds. The molecule has 1 N–H and O–H groups in total. The highest BCUT2D eigenvalue weighted by Gasteiger charge is 2.34. The number of allylic oxidation sites excluding steroid dienone is 1. The highest BCUT2D eigenvalue weighted by molar-refractivity contribution is 7.92. The number of hydrogen-bond acceptors (Lipinski definition) is 3. The first-order valence-electron chi connectivity index (χ1n) is 5.67. The van der Waals surface area contributed by atoms with Crippen molar-refractivity contribution in [2.24, 2.45) is 5.92 Å². The number of sulfone groups is 1. The molecule has 1 aromatic rings. The zero-order valence-electron chi connectivity index (χ0n) is 9.65. The van der Waals surface area contributed by atoms with Crippen molar-refractivity contribution < 1.29 is 13.5 Å². The Bertz CT molecular complexity index is 505. The van der Waals surface area contributed by atoms with Crippen LogP contribution in [0, 0.1) is 5.92 Å². The Morgan fingerprint density at radius 3 is 2.41 bits per heavy atom. The molecule has 2 rings (SSSR count). The third-order valence-corrected chi connectivity index (χ3v) is 5.17. The lowest BCUT2D eigenvalue weighted by Crippen LogP contribution is -2.36. The third-order valence-electron chi connectivity index (χ3n) is 3.05. The average molecular weight is 252 g/mol. The number of hydrogen-bond donors (Lipinski definition) is 1. The first kappa shape index (κ1) is 12.3. The van der Waals surface area contributed by atoms with E-state index in [4.69, 9.17) is 0 Å². The molecule has 0 aromatic heterocycles. The van der Waals surface area contributed by atoms with Gasteiger partial charge < -0.3 is 5.11 Å². The van der Waals surface area contributed by atoms with Crippen molar-refractivity contribution in [3.05, 3.63) is 42.5 Å². The van der Waals surface area contributed by atoms with Crippen LogP contribution >= 0.6 is 0 Å². The molecule has 2 unspecified atom stereocenters. The lowest BCUT2D eigenvalue weighted by Gasteiger charge is -2.26. The van der Waals surface area contributed by atoms with Crippen LogP contribution in [0.15, 0.2) is 47.4 Å². The van der Waals surface area contributed by atoms with Gasteiger partial charge in [-0.1, -0.05) is 37.3 Å². The summed E-state index contributed by atoms with van der Waals surface area (Å²) < 4.78 is 24.6. The maximum atomic E-state index is 12.3. The predicted molar refractivity (Wildman–Crippen MR) is 66.3 cm³/mol. The molecule has 1 aliphatic carbocycles. The van der Waals surface area contributed by atoms with E-state index in [1.165, 1.54) is 0 Å². The van der Waals surface area contributed by atoms with E-state index in [-0.39, 0.29) is 10.8 Å². The second-order valence-corrected chi connectivity index (χ2v) is 6.59. The van der Waals surface area contributed by atoms with Crippen molar-refractivity contribution in [2.75, 3.05) is 0 Å². The van der Waals surface area contributed by atoms with Gasteiger partial charge in [-0.05, 0) is 24.5 Å². The van der Waals surface area contributed by atoms with Crippen molar-refractivity contribution >= 4 is 9.84 Å². The van der Waals surface area contributed by atoms with Gasteiger partial charge in [-0.3, -0.25) is 0 Å². The van der Waals surface area contributed by atoms with Gasteiger partial charge in [0.1, 0.15) is 5.25 Å². The van der Waals surface area contributed by atoms with E-state index in [0.29, 0.717) is 6.42 Å². The molecule has 4 heteroatoms. The molecule has 0 aliphatic heterocycles. The minimum atomic E-state index is -3.47. The number of benzene rings is 1. The van der Waals surface area contributed by atoms with E-state index in [9.17, 15) is 13.5 Å². The van der Waals surface area contributed by atoms with E-state index in [0.717, 1.165) is 0 Å². The fourth-order valence-corrected chi connectivity index (χ4v) is 3.77. The lowest BCUT2D eigenvalue weighted by atomic mass is 9.95. The normalized spacial score (nSPS) is 29.2. The summed E-state index contributed by atoms with van der Waals surface area (Å²) in [6.07, 6.45) is 3.15. The van der Waals surface area contributed by atoms with Crippen LogP contribution in [0.2, 0.25) is 0 Å². The summed E-state index contributed by atoms with van der Waals surface area (Å²) in [5.74, 6) is 0.229. The minimum absolute atomic E-state index is 0.229. The molecule has 1 aliphatic rings. The van der Waals surface area contributed by atoms with E-state index in [2.05, 4.69) is 0 Å². The largest absolute Gasteiger partial charge is 0.391 e. The number of aliphatic hydroxyl groups excluding tert-OH is 1. The molecule has 0 heterocycles. The molecule has 0 saturated heterocycles. The van der Waals surface area contributed by atoms with E-state index in [1.54, 1.807) is 36.4 Å². The zero-order valence-corrected chi connectivity index (χ0v) is 10.5. The molecule has 92 valence electrons. The molecular weight excluding hydrogens is 236 g/mol. The van der Waals surface area contributed by atoms with Gasteiger partial charge in [0.05, 0.1) is 11.0 Å². The Kier molecular flexibility index (Phi) is 3.35. The van der Waals surface area contributed by atoms with Crippen molar-refractivity contribution in [3.63, 3.8) is 0 Å². The number of rotatable bonds is 2. The summed E-state index contributed by atoms with van der Waals surface area (Å²) in [4.78, 5) is 0.267. The van der Waals surface area contributed by atoms with Crippen molar-refractivity contribution in [2.45, 2.75) is 29.6 Å². The standard InChI is InChI=1S/C13H16O3S/c1-10-7-8-13(12(14)9-10)17(15,16)11-5-3-2-4-6-11/h2-8,10,12-14H,9H2,1H3/t10?,12?,13-/m0/s1. The minimum Gasteiger partial charge on any atom is -0.391 e. The van der Waals surface area contributed by atoms with Crippen LogP contribution in [0.5, 0.6) is 0 Å². The SMILES string of the molecule is CC1C=C[C@H](S(=O)(=O)c2ccccc2)C(O)C1. The molecule has 3 atom stereocenters. The van der Waals surface area contributed by atoms with E-state index >= 15 is 0 Å². The molecule has 3 nitrogen and oxygen atoms in total. The Hall–Kier alpha value is -1.13. The fraction of sp³-hybridized carbons (Fsp3) is 0.385. The summed E-state index contributed by atoms with van der Waals surface area (Å²) >= 11 is 0. The summed E-state index contributed by atoms with van der Waals surface area (Å²) in [6, 6.07) is 8.28. The molecule has 0 fully saturated rings. The Morgan fingerprint density at radius 1 is 1.18 bits per heavy atom. The second kappa shape index (κ2) is 4.63. The van der Waals surface area contributed by atoms with Crippen molar-refractivity contribution in [1.29, 1.82) is 0 Å². The quantitative estimate of drug-likeness (QED) is 0.816. The van der Waals surface area contributed by atoms with Crippen LogP contribution in [0.4, 0.5) is 0 Å². The van der Waals surface area contributed by atoms with Crippen LogP contribution in [0.3, 0.4) is 0 Å². The molecule has 0 spiro atoms. The first-order valence-corrected chi connectivity index (χ1v) is 7.22. The van der Waals surface area contributed by atoms with Gasteiger partial charge in [0.25, 0.3) is 0 Å². The van der Waals surface area contributed by atoms with Crippen LogP contribution in [0.1, 0.15) is 13.3 Å². The fourth-order valence-electron chi connectivity index (χ4n) is 2.10. The smallest absolute Gasteiger partial charge is 0.187 e. The third kappa shape index (κ3) is 2.42. The van der Waals surface area contributed by atoms with Gasteiger partial charge in [-0.25, -0.2) is 8.42 Å². The topological polar surface area (TPSA) is 54.4 Å². The lowest BCUT2D eigenvalue weighted by molar-refractivity contribution is 0.152. The van der Waals surface area contributed by atoms with Gasteiger partial charge in [0.2, 0.25) is 0 Å². The summed E-state index contributed by atoms with van der Waals surface area (Å²) in [5.41, 5.74) is 0. The van der Waals surface area contributed by atoms with Gasteiger partial charge in [-0.2, -0.15) is 0 Å². The van der Waals surface area contributed by atoms with Crippen LogP contribution < -0.4 is 0 Å². The van der Waals surface area contributed by atoms with Gasteiger partial charge in [0, 0.05) is 0 Å². The Morgan fingerprint density at radius 2 is 1.82 bits per heavy atom. The van der Waals surface area contributed by atoms with Gasteiger partial charge >= 0.3 is 0 Å². The highest BCUT2D eigenvalue weighted by atomic mass is 32.2. The van der Waals surface area contributed by atoms with Gasteiger partial charge in [0.15, 0.2) is 9.84 Å². The monoisotopic (exact) mass is 252 g/mol. The van der Waals surface area contributed by atoms with Gasteiger partial charge in [-0.15, -0.1) is 0 Å². The van der Waals surface area contributed by atoms with Crippen LogP contribution in [0.25, 0.3) is 0 Å². The van der Waals surface area contributed by atoms with Crippen molar-refractivity contribution in [1.82, 2.24) is 0 Å². The summed E-state index contributed by atoms with van der Waals surface area (Å²) in [6.45, 7) is 1.96. The predicted octanol–water partition coefficient (Wildman–Crippen LogP) is 1.79. The zero-order chi connectivity index (χ0) is 12.5. The van der Waals surface area contributed by atoms with E-state index in [1.807, 2.05) is 13.0 Å². The molecule has 1 aromatic carbocycles. The second-order valence-electron chi connectivity index (χ2n) is 4.49. The molecule has 0 radical (unpaired) electrons. The van der Waals surface area contributed by atoms with E-state index < -0.39 is 21.2 Å². The molecular formula is C13H16O3S. The first-order chi connectivity index (χ1) is 8.01. The summed E-state index contributed by atoms with van der Waals surface area (Å²) in [5, 5.41) is 9.09. The highest BCUT2D eigenvalue weighted by Crippen LogP contribution is 2.26. The molecule has 0 bridgehead atoms. The average Bonchev–Trinajstić information content (AvgIpc) is 2.29. The number of aliphatic hydroxyl groups is 1. The van der Waals surface area contributed by atoms with Crippen molar-refractivity contribution in [3.8, 4) is 0 Å². The van der Waals surface area contributed by atoms with Crippen LogP contribution in [-0.2, 0) is 9.84 Å². The Balaban J connectivity index is 2.37. The maximum Gasteiger partial charge on any atom is 0.187 e. The molecule has 0 saturated carbocycles. The molecule has 17 heavy (non-hydrogen) atoms. The summed E-state index contributed by atoms with van der Waals surface area (Å²) in [7, 11) is -3.47. The maximum absolute atomic E-state index is 12.3. The Labute approximate surface area is 102 Å².